The summed E-state index contributed by atoms with van der Waals surface area (Å²) in [6, 6.07) is 3.19. The van der Waals surface area contributed by atoms with Crippen molar-refractivity contribution >= 4 is 0 Å². The van der Waals surface area contributed by atoms with Gasteiger partial charge in [0.2, 0.25) is 0 Å². The van der Waals surface area contributed by atoms with Crippen LogP contribution in [0.4, 0.5) is 8.78 Å². The molecule has 3 nitrogen and oxygen atoms in total. The first-order valence-electron chi connectivity index (χ1n) is 8.73. The summed E-state index contributed by atoms with van der Waals surface area (Å²) in [7, 11) is 1.63. The third-order valence-corrected chi connectivity index (χ3v) is 7.01. The van der Waals surface area contributed by atoms with Crippen molar-refractivity contribution in [1.82, 2.24) is 0 Å². The van der Waals surface area contributed by atoms with E-state index in [1.807, 2.05) is 6.92 Å². The van der Waals surface area contributed by atoms with Crippen molar-refractivity contribution in [3.8, 4) is 5.75 Å². The molecule has 0 aromatic heterocycles. The molecule has 4 rings (SSSR count). The second kappa shape index (κ2) is 5.40. The molecule has 0 bridgehead atoms. The fraction of sp³-hybridized carbons (Fsp3) is 0.684. The summed E-state index contributed by atoms with van der Waals surface area (Å²) >= 11 is 0. The van der Waals surface area contributed by atoms with E-state index in [4.69, 9.17) is 4.74 Å². The standard InChI is InChI=1S/C19H24F2O3/c1-19-8-15(24-2)16-9-5-6-14(22)17(21)10(9)3-4-11(16)12(19)7-13(20)18(19)23/h5-6,11-13,15-16,18,22-23H,3-4,7-8H2,1-2H3/t11-,12-,13?,15?,16+,18+,19-/m0/s1. The van der Waals surface area contributed by atoms with Crippen LogP contribution in [-0.2, 0) is 11.2 Å². The molecule has 0 heterocycles. The fourth-order valence-corrected chi connectivity index (χ4v) is 5.84. The molecule has 2 saturated carbocycles. The van der Waals surface area contributed by atoms with Gasteiger partial charge in [-0.15, -0.1) is 0 Å². The Bertz CT molecular complexity index is 664. The number of halogens is 2. The Morgan fingerprint density at radius 3 is 2.79 bits per heavy atom. The van der Waals surface area contributed by atoms with E-state index in [1.54, 1.807) is 13.2 Å². The molecular formula is C19H24F2O3. The normalized spacial score (nSPS) is 43.9. The molecule has 3 aliphatic carbocycles. The number of phenolic OH excluding ortho intramolecular Hbond substituents is 1. The molecule has 0 saturated heterocycles. The predicted octanol–water partition coefficient (Wildman–Crippen LogP) is 3.32. The summed E-state index contributed by atoms with van der Waals surface area (Å²) < 4.78 is 34.4. The number of benzene rings is 1. The van der Waals surface area contributed by atoms with Crippen LogP contribution < -0.4 is 0 Å². The van der Waals surface area contributed by atoms with Gasteiger partial charge in [-0.2, -0.15) is 0 Å². The van der Waals surface area contributed by atoms with Crippen LogP contribution in [0.5, 0.6) is 5.75 Å². The zero-order valence-corrected chi connectivity index (χ0v) is 14.0. The number of aromatic hydroxyl groups is 1. The minimum absolute atomic E-state index is 0.00979. The minimum Gasteiger partial charge on any atom is -0.505 e. The van der Waals surface area contributed by atoms with Crippen molar-refractivity contribution in [3.05, 3.63) is 29.1 Å². The van der Waals surface area contributed by atoms with E-state index in [2.05, 4.69) is 0 Å². The zero-order valence-electron chi connectivity index (χ0n) is 14.0. The van der Waals surface area contributed by atoms with Gasteiger partial charge in [-0.25, -0.2) is 8.78 Å². The number of methoxy groups -OCH3 is 1. The van der Waals surface area contributed by atoms with E-state index in [-0.39, 0.29) is 29.6 Å². The number of phenols is 1. The minimum atomic E-state index is -1.20. The van der Waals surface area contributed by atoms with Crippen molar-refractivity contribution in [2.75, 3.05) is 7.11 Å². The monoisotopic (exact) mass is 338 g/mol. The van der Waals surface area contributed by atoms with Crippen LogP contribution >= 0.6 is 0 Å². The Balaban J connectivity index is 1.80. The quantitative estimate of drug-likeness (QED) is 0.826. The maximum absolute atomic E-state index is 14.3. The molecule has 24 heavy (non-hydrogen) atoms. The summed E-state index contributed by atoms with van der Waals surface area (Å²) in [6.45, 7) is 1.97. The van der Waals surface area contributed by atoms with E-state index in [0.29, 0.717) is 24.8 Å². The summed E-state index contributed by atoms with van der Waals surface area (Å²) in [4.78, 5) is 0. The molecule has 1 aromatic rings. The SMILES string of the molecule is COC1C[C@]2(C)[C@H](O)C(F)C[C@H]2[C@@H]2CCc3c(ccc(O)c3F)[C@@H]12. The van der Waals surface area contributed by atoms with Crippen LogP contribution in [0.2, 0.25) is 0 Å². The Morgan fingerprint density at radius 2 is 2.08 bits per heavy atom. The molecule has 1 aromatic carbocycles. The lowest BCUT2D eigenvalue weighted by Crippen LogP contribution is -2.51. The Morgan fingerprint density at radius 1 is 1.33 bits per heavy atom. The largest absolute Gasteiger partial charge is 0.505 e. The smallest absolute Gasteiger partial charge is 0.168 e. The highest BCUT2D eigenvalue weighted by Gasteiger charge is 2.61. The number of rotatable bonds is 1. The molecule has 2 unspecified atom stereocenters. The molecule has 0 radical (unpaired) electrons. The number of aliphatic hydroxyl groups excluding tert-OH is 1. The van der Waals surface area contributed by atoms with Gasteiger partial charge in [-0.1, -0.05) is 13.0 Å². The number of aliphatic hydroxyl groups is 1. The first-order chi connectivity index (χ1) is 11.4. The third-order valence-electron chi connectivity index (χ3n) is 7.01. The second-order valence-corrected chi connectivity index (χ2v) is 7.98. The van der Waals surface area contributed by atoms with Gasteiger partial charge in [-0.3, -0.25) is 0 Å². The van der Waals surface area contributed by atoms with Crippen molar-refractivity contribution < 1.29 is 23.7 Å². The molecule has 2 N–H and O–H groups in total. The predicted molar refractivity (Wildman–Crippen MR) is 85.1 cm³/mol. The number of ether oxygens (including phenoxy) is 1. The van der Waals surface area contributed by atoms with Crippen LogP contribution in [0.15, 0.2) is 12.1 Å². The summed E-state index contributed by atoms with van der Waals surface area (Å²) in [6.07, 6.45) is -0.138. The van der Waals surface area contributed by atoms with Gasteiger partial charge in [0, 0.05) is 18.4 Å². The van der Waals surface area contributed by atoms with Crippen molar-refractivity contribution in [1.29, 1.82) is 0 Å². The van der Waals surface area contributed by atoms with Crippen molar-refractivity contribution in [3.63, 3.8) is 0 Å². The van der Waals surface area contributed by atoms with Crippen LogP contribution in [-0.4, -0.2) is 35.7 Å². The number of alkyl halides is 1. The number of hydrogen-bond donors (Lipinski definition) is 2. The van der Waals surface area contributed by atoms with E-state index in [0.717, 1.165) is 12.0 Å². The molecule has 132 valence electrons. The van der Waals surface area contributed by atoms with E-state index in [9.17, 15) is 19.0 Å². The van der Waals surface area contributed by atoms with Crippen LogP contribution in [0.3, 0.4) is 0 Å². The van der Waals surface area contributed by atoms with Gasteiger partial charge >= 0.3 is 0 Å². The summed E-state index contributed by atoms with van der Waals surface area (Å²) in [5, 5.41) is 20.1. The highest BCUT2D eigenvalue weighted by molar-refractivity contribution is 5.42. The Kier molecular flexibility index (Phi) is 3.66. The van der Waals surface area contributed by atoms with Gasteiger partial charge in [0.25, 0.3) is 0 Å². The lowest BCUT2D eigenvalue weighted by Gasteiger charge is -2.52. The average molecular weight is 338 g/mol. The molecule has 0 spiro atoms. The van der Waals surface area contributed by atoms with Gasteiger partial charge in [0.1, 0.15) is 6.17 Å². The lowest BCUT2D eigenvalue weighted by molar-refractivity contribution is -0.0979. The lowest BCUT2D eigenvalue weighted by atomic mass is 9.54. The highest BCUT2D eigenvalue weighted by atomic mass is 19.1. The topological polar surface area (TPSA) is 49.7 Å². The number of hydrogen-bond acceptors (Lipinski definition) is 3. The van der Waals surface area contributed by atoms with E-state index >= 15 is 0 Å². The Hall–Kier alpha value is -1.20. The molecule has 5 heteroatoms. The summed E-state index contributed by atoms with van der Waals surface area (Å²) in [5.41, 5.74) is 0.957. The van der Waals surface area contributed by atoms with Crippen LogP contribution in [0.25, 0.3) is 0 Å². The van der Waals surface area contributed by atoms with E-state index < -0.39 is 23.5 Å². The zero-order chi connectivity index (χ0) is 17.2. The number of fused-ring (bicyclic) bond motifs is 5. The maximum atomic E-state index is 14.3. The Labute approximate surface area is 140 Å². The molecule has 0 amide bonds. The van der Waals surface area contributed by atoms with Gasteiger partial charge in [-0.05, 0) is 54.7 Å². The molecular weight excluding hydrogens is 314 g/mol. The first-order valence-corrected chi connectivity index (χ1v) is 8.73. The van der Waals surface area contributed by atoms with Crippen molar-refractivity contribution in [2.45, 2.75) is 56.9 Å². The molecule has 2 fully saturated rings. The van der Waals surface area contributed by atoms with Crippen LogP contribution in [0, 0.1) is 23.1 Å². The maximum Gasteiger partial charge on any atom is 0.168 e. The first kappa shape index (κ1) is 16.3. The van der Waals surface area contributed by atoms with Gasteiger partial charge in [0.05, 0.1) is 12.2 Å². The van der Waals surface area contributed by atoms with Crippen molar-refractivity contribution in [2.24, 2.45) is 17.3 Å². The average Bonchev–Trinajstić information content (AvgIpc) is 2.80. The fourth-order valence-electron chi connectivity index (χ4n) is 5.84. The van der Waals surface area contributed by atoms with Gasteiger partial charge < -0.3 is 14.9 Å². The summed E-state index contributed by atoms with van der Waals surface area (Å²) in [5.74, 6) is -0.625. The highest BCUT2D eigenvalue weighted by Crippen LogP contribution is 2.62. The second-order valence-electron chi connectivity index (χ2n) is 7.98. The van der Waals surface area contributed by atoms with E-state index in [1.165, 1.54) is 6.07 Å². The van der Waals surface area contributed by atoms with Crippen LogP contribution in [0.1, 0.15) is 43.2 Å². The van der Waals surface area contributed by atoms with Gasteiger partial charge in [0.15, 0.2) is 11.6 Å². The molecule has 3 aliphatic rings. The molecule has 0 aliphatic heterocycles. The molecule has 7 atom stereocenters. The third kappa shape index (κ3) is 2.00.